The number of nitrogens with one attached hydrogen (secondary N) is 4. The van der Waals surface area contributed by atoms with E-state index >= 15 is 0 Å². The molecule has 0 radical (unpaired) electrons. The summed E-state index contributed by atoms with van der Waals surface area (Å²) in [5.74, 6) is -6.50. The molecule has 0 fully saturated rings. The molecule has 0 unspecified atom stereocenters. The summed E-state index contributed by atoms with van der Waals surface area (Å²) < 4.78 is 54.2. The molecular formula is C74H104N4O22. The molecule has 0 aliphatic rings. The van der Waals surface area contributed by atoms with Crippen LogP contribution in [0.5, 0.6) is 23.0 Å². The number of carboxylic acids is 4. The molecule has 0 aliphatic heterocycles. The first kappa shape index (κ1) is 83.6. The van der Waals surface area contributed by atoms with Gasteiger partial charge >= 0.3 is 29.8 Å². The summed E-state index contributed by atoms with van der Waals surface area (Å²) in [6, 6.07) is 23.1. The molecule has 0 aliphatic carbocycles. The van der Waals surface area contributed by atoms with Gasteiger partial charge in [-0.1, -0.05) is 30.3 Å². The molecule has 0 spiro atoms. The monoisotopic (exact) mass is 1400 g/mol. The van der Waals surface area contributed by atoms with Crippen LogP contribution in [0.15, 0.2) is 84.9 Å². The van der Waals surface area contributed by atoms with E-state index in [-0.39, 0.29) is 113 Å². The van der Waals surface area contributed by atoms with E-state index in [2.05, 4.69) is 21.3 Å². The summed E-state index contributed by atoms with van der Waals surface area (Å²) in [6.07, 6.45) is 0.876. The van der Waals surface area contributed by atoms with Crippen molar-refractivity contribution in [1.29, 1.82) is 0 Å². The van der Waals surface area contributed by atoms with Crippen molar-refractivity contribution < 1.29 is 106 Å². The van der Waals surface area contributed by atoms with Crippen molar-refractivity contribution in [2.75, 3.05) is 79.0 Å². The minimum atomic E-state index is -1.04. The van der Waals surface area contributed by atoms with E-state index in [9.17, 15) is 63.6 Å². The van der Waals surface area contributed by atoms with Crippen LogP contribution in [0.1, 0.15) is 152 Å². The molecule has 100 heavy (non-hydrogen) atoms. The molecule has 0 bridgehead atoms. The maximum Gasteiger partial charge on any atom is 0.338 e. The molecule has 26 nitrogen and oxygen atoms in total. The molecular weight excluding hydrogens is 1300 g/mol. The summed E-state index contributed by atoms with van der Waals surface area (Å²) >= 11 is 0. The molecule has 8 N–H and O–H groups in total. The summed E-state index contributed by atoms with van der Waals surface area (Å²) in [7, 11) is 0. The highest BCUT2D eigenvalue weighted by molar-refractivity contribution is 5.94. The summed E-state index contributed by atoms with van der Waals surface area (Å²) in [6.45, 7) is 25.0. The van der Waals surface area contributed by atoms with Gasteiger partial charge in [0.15, 0.2) is 26.4 Å². The van der Waals surface area contributed by atoms with Crippen molar-refractivity contribution in [3.05, 3.63) is 96.1 Å². The molecule has 552 valence electrons. The lowest BCUT2D eigenvalue weighted by atomic mass is 9.90. The Kier molecular flexibility index (Phi) is 30.5. The second-order valence-electron chi connectivity index (χ2n) is 29.7. The van der Waals surface area contributed by atoms with Gasteiger partial charge in [0.2, 0.25) is 0 Å². The van der Waals surface area contributed by atoms with Crippen LogP contribution in [-0.4, -0.2) is 175 Å². The number of carbonyl (C=O) groups excluding carboxylic acids is 5. The molecule has 4 aromatic carbocycles. The fourth-order valence-electron chi connectivity index (χ4n) is 8.70. The second kappa shape index (κ2) is 36.5. The van der Waals surface area contributed by atoms with E-state index in [0.29, 0.717) is 27.8 Å². The second-order valence-corrected chi connectivity index (χ2v) is 29.7. The van der Waals surface area contributed by atoms with Crippen molar-refractivity contribution in [2.24, 2.45) is 21.7 Å². The number of rotatable bonds is 45. The first-order valence-electron chi connectivity index (χ1n) is 33.0. The van der Waals surface area contributed by atoms with Gasteiger partial charge in [0.05, 0.1) is 49.6 Å². The van der Waals surface area contributed by atoms with Crippen molar-refractivity contribution >= 4 is 53.5 Å². The number of aliphatic carboxylic acids is 4. The van der Waals surface area contributed by atoms with Crippen molar-refractivity contribution in [3.63, 3.8) is 0 Å². The summed E-state index contributed by atoms with van der Waals surface area (Å²) in [5.41, 5.74) is -5.65. The topological polar surface area (TPSA) is 366 Å². The molecule has 0 heterocycles. The standard InChI is InChI=1S/C74H104N4O22/c1-67(2,63(84)85)22-26-97-71(9,10)44-75-58(79)40-92-54-33-51(34-55(37-54)93-41-59(80)76-45-72(11,12)98-27-23-68(3,4)64(86)87)49-30-50(32-53(31-49)62(83)96-39-48-20-18-17-19-21-48)52-35-56(94-42-60(81)77-46-73(13,14)99-28-24-69(5,6)65(88)89)38-57(36-52)95-43-61(82)78-47-74(15,16)100-29-25-70(7,8)66(90)91/h17-21,30-38H,22-29,39-47H2,1-16H3,(H,75,79)(H,76,80)(H,77,81)(H,78,82)(H,84,85)(H,86,87)(H,88,89)(H,90,91). The Hall–Kier alpha value is -8.85. The maximum absolute atomic E-state index is 14.4. The predicted molar refractivity (Wildman–Crippen MR) is 371 cm³/mol. The number of ether oxygens (including phenoxy) is 9. The number of benzene rings is 4. The lowest BCUT2D eigenvalue weighted by Crippen LogP contribution is -2.42. The van der Waals surface area contributed by atoms with E-state index in [1.807, 2.05) is 6.07 Å². The Balaban J connectivity index is 1.79. The largest absolute Gasteiger partial charge is 0.484 e. The lowest BCUT2D eigenvalue weighted by molar-refractivity contribution is -0.149. The third-order valence-electron chi connectivity index (χ3n) is 16.3. The highest BCUT2D eigenvalue weighted by Crippen LogP contribution is 2.37. The van der Waals surface area contributed by atoms with Crippen LogP contribution >= 0.6 is 0 Å². The van der Waals surface area contributed by atoms with Gasteiger partial charge in [-0.2, -0.15) is 0 Å². The van der Waals surface area contributed by atoms with Crippen molar-refractivity contribution in [1.82, 2.24) is 21.3 Å². The Morgan fingerprint density at radius 1 is 0.340 bits per heavy atom. The molecule has 26 heteroatoms. The Morgan fingerprint density at radius 3 is 0.840 bits per heavy atom. The van der Waals surface area contributed by atoms with Crippen LogP contribution < -0.4 is 40.2 Å². The van der Waals surface area contributed by atoms with E-state index in [0.717, 1.165) is 0 Å². The molecule has 0 saturated carbocycles. The van der Waals surface area contributed by atoms with E-state index in [4.69, 9.17) is 42.6 Å². The molecule has 0 aromatic heterocycles. The zero-order chi connectivity index (χ0) is 75.1. The number of amides is 4. The number of esters is 1. The fourth-order valence-corrected chi connectivity index (χ4v) is 8.70. The highest BCUT2D eigenvalue weighted by Gasteiger charge is 2.33. The Bertz CT molecular complexity index is 3110. The Morgan fingerprint density at radius 2 is 0.590 bits per heavy atom. The summed E-state index contributed by atoms with van der Waals surface area (Å²) in [5, 5.41) is 49.5. The van der Waals surface area contributed by atoms with E-state index < -0.39 is 124 Å². The normalized spacial score (nSPS) is 12.4. The average Bonchev–Trinajstić information content (AvgIpc) is 0.792. The third-order valence-corrected chi connectivity index (χ3v) is 16.3. The number of hydrogen-bond donors (Lipinski definition) is 8. The van der Waals surface area contributed by atoms with Crippen molar-refractivity contribution in [3.8, 4) is 45.3 Å². The Labute approximate surface area is 586 Å². The molecule has 4 rings (SSSR count). The average molecular weight is 1400 g/mol. The van der Waals surface area contributed by atoms with Gasteiger partial charge < -0.3 is 84.3 Å². The minimum absolute atomic E-state index is 0.0283. The highest BCUT2D eigenvalue weighted by atomic mass is 16.5. The molecule has 4 amide bonds. The van der Waals surface area contributed by atoms with Gasteiger partial charge in [0, 0.05) is 64.7 Å². The minimum Gasteiger partial charge on any atom is -0.484 e. The van der Waals surface area contributed by atoms with Crippen LogP contribution in [0.2, 0.25) is 0 Å². The van der Waals surface area contributed by atoms with Crippen LogP contribution in [-0.2, 0) is 68.6 Å². The molecule has 0 saturated heterocycles. The quantitative estimate of drug-likeness (QED) is 0.0191. The number of carboxylic acid groups (broad SMARTS) is 4. The van der Waals surface area contributed by atoms with E-state index in [1.54, 1.807) is 178 Å². The maximum atomic E-state index is 14.4. The van der Waals surface area contributed by atoms with Gasteiger partial charge in [0.25, 0.3) is 23.6 Å². The lowest BCUT2D eigenvalue weighted by Gasteiger charge is -2.28. The van der Waals surface area contributed by atoms with Gasteiger partial charge in [-0.15, -0.1) is 0 Å². The third kappa shape index (κ3) is 29.9. The van der Waals surface area contributed by atoms with Gasteiger partial charge in [-0.3, -0.25) is 38.4 Å². The first-order valence-corrected chi connectivity index (χ1v) is 33.0. The number of hydrogen-bond acceptors (Lipinski definition) is 18. The number of carbonyl (C=O) groups is 9. The molecule has 0 atom stereocenters. The van der Waals surface area contributed by atoms with Crippen LogP contribution in [0.4, 0.5) is 0 Å². The molecule has 4 aromatic rings. The zero-order valence-corrected chi connectivity index (χ0v) is 60.7. The van der Waals surface area contributed by atoms with E-state index in [1.165, 1.54) is 12.1 Å². The van der Waals surface area contributed by atoms with Crippen LogP contribution in [0.25, 0.3) is 22.3 Å². The smallest absolute Gasteiger partial charge is 0.338 e. The predicted octanol–water partition coefficient (Wildman–Crippen LogP) is 9.54. The zero-order valence-electron chi connectivity index (χ0n) is 60.7. The SMILES string of the molecule is CC(C)(CNC(=O)COc1cc(OCC(=O)NCC(C)(C)OCCC(C)(C)C(=O)O)cc(-c2cc(C(=O)OCc3ccccc3)cc(-c3cc(OCC(=O)NCC(C)(C)OCCC(C)(C)C(=O)O)cc(OCC(=O)NCC(C)(C)OCCC(C)(C)C(=O)O)c3)c2)c1)OCCC(C)(C)C(=O)O. The van der Waals surface area contributed by atoms with Gasteiger partial charge in [0.1, 0.15) is 29.6 Å². The van der Waals surface area contributed by atoms with Gasteiger partial charge in [-0.25, -0.2) is 4.79 Å². The summed E-state index contributed by atoms with van der Waals surface area (Å²) in [4.78, 5) is 115. The van der Waals surface area contributed by atoms with Gasteiger partial charge in [-0.05, 0) is 207 Å². The fraction of sp³-hybridized carbons (Fsp3) is 0.554. The van der Waals surface area contributed by atoms with Crippen LogP contribution in [0, 0.1) is 21.7 Å². The first-order chi connectivity index (χ1) is 46.3. The van der Waals surface area contributed by atoms with Crippen molar-refractivity contribution in [2.45, 2.75) is 165 Å². The van der Waals surface area contributed by atoms with Crippen LogP contribution in [0.3, 0.4) is 0 Å².